The van der Waals surface area contributed by atoms with Crippen LogP contribution in [0.3, 0.4) is 0 Å². The Labute approximate surface area is 189 Å². The standard InChI is InChI=1S/C22H42N4O.HI/c1-2-23-22(25-19-13-16-26(17-14-19)20-11-12-20)24-15-7-8-18-27-21-9-5-3-4-6-10-21;/h19-21H,2-18H2,1H3,(H2,23,24,25);1H. The Morgan fingerprint density at radius 3 is 2.32 bits per heavy atom. The molecule has 2 N–H and O–H groups in total. The smallest absolute Gasteiger partial charge is 0.191 e. The average Bonchev–Trinajstić information content (AvgIpc) is 3.53. The summed E-state index contributed by atoms with van der Waals surface area (Å²) in [5, 5.41) is 7.09. The van der Waals surface area contributed by atoms with Crippen molar-refractivity contribution in [2.24, 2.45) is 4.99 Å². The van der Waals surface area contributed by atoms with E-state index in [1.807, 2.05) is 0 Å². The van der Waals surface area contributed by atoms with E-state index in [9.17, 15) is 0 Å². The lowest BCUT2D eigenvalue weighted by molar-refractivity contribution is 0.0413. The largest absolute Gasteiger partial charge is 0.378 e. The first-order valence-corrected chi connectivity index (χ1v) is 11.8. The number of halogens is 1. The van der Waals surface area contributed by atoms with Gasteiger partial charge in [0.25, 0.3) is 0 Å². The Morgan fingerprint density at radius 1 is 0.964 bits per heavy atom. The van der Waals surface area contributed by atoms with Crippen molar-refractivity contribution in [2.45, 2.75) is 102 Å². The Balaban J connectivity index is 0.00000280. The fraction of sp³-hybridized carbons (Fsp3) is 0.955. The molecule has 0 aromatic carbocycles. The zero-order valence-electron chi connectivity index (χ0n) is 18.0. The van der Waals surface area contributed by atoms with E-state index in [4.69, 9.17) is 9.73 Å². The van der Waals surface area contributed by atoms with E-state index in [1.54, 1.807) is 0 Å². The summed E-state index contributed by atoms with van der Waals surface area (Å²) in [6.07, 6.45) is 16.1. The first-order valence-electron chi connectivity index (χ1n) is 11.8. The minimum Gasteiger partial charge on any atom is -0.378 e. The third kappa shape index (κ3) is 9.16. The number of nitrogens with zero attached hydrogens (tertiary/aromatic N) is 2. The summed E-state index contributed by atoms with van der Waals surface area (Å²) in [5.41, 5.74) is 0. The lowest BCUT2D eigenvalue weighted by Gasteiger charge is -2.33. The van der Waals surface area contributed by atoms with Gasteiger partial charge in [-0.1, -0.05) is 25.7 Å². The molecule has 3 rings (SSSR count). The van der Waals surface area contributed by atoms with Crippen LogP contribution in [0.5, 0.6) is 0 Å². The van der Waals surface area contributed by atoms with Crippen LogP contribution in [0.2, 0.25) is 0 Å². The summed E-state index contributed by atoms with van der Waals surface area (Å²) in [6.45, 7) is 7.37. The highest BCUT2D eigenvalue weighted by molar-refractivity contribution is 14.0. The first-order chi connectivity index (χ1) is 13.3. The second-order valence-corrected chi connectivity index (χ2v) is 8.64. The normalized spacial score (nSPS) is 23.1. The highest BCUT2D eigenvalue weighted by Gasteiger charge is 2.31. The topological polar surface area (TPSA) is 48.9 Å². The van der Waals surface area contributed by atoms with Crippen molar-refractivity contribution >= 4 is 29.9 Å². The predicted octanol–water partition coefficient (Wildman–Crippen LogP) is 4.31. The molecule has 5 nitrogen and oxygen atoms in total. The maximum atomic E-state index is 6.09. The summed E-state index contributed by atoms with van der Waals surface area (Å²) in [5.74, 6) is 1.01. The molecular weight excluding hydrogens is 463 g/mol. The van der Waals surface area contributed by atoms with Gasteiger partial charge in [-0.2, -0.15) is 0 Å². The maximum Gasteiger partial charge on any atom is 0.191 e. The van der Waals surface area contributed by atoms with Gasteiger partial charge in [0.15, 0.2) is 5.96 Å². The summed E-state index contributed by atoms with van der Waals surface area (Å²) in [4.78, 5) is 7.48. The number of likely N-dealkylation sites (tertiary alicyclic amines) is 1. The molecule has 3 aliphatic rings. The molecule has 0 atom stereocenters. The van der Waals surface area contributed by atoms with Crippen molar-refractivity contribution < 1.29 is 4.74 Å². The van der Waals surface area contributed by atoms with Crippen LogP contribution in [0.4, 0.5) is 0 Å². The number of nitrogens with one attached hydrogen (secondary N) is 2. The van der Waals surface area contributed by atoms with Crippen molar-refractivity contribution in [1.82, 2.24) is 15.5 Å². The van der Waals surface area contributed by atoms with Crippen LogP contribution in [0.25, 0.3) is 0 Å². The number of piperidine rings is 1. The van der Waals surface area contributed by atoms with Gasteiger partial charge >= 0.3 is 0 Å². The van der Waals surface area contributed by atoms with Gasteiger partial charge < -0.3 is 20.3 Å². The molecule has 1 heterocycles. The highest BCUT2D eigenvalue weighted by Crippen LogP contribution is 2.29. The second-order valence-electron chi connectivity index (χ2n) is 8.64. The number of guanidine groups is 1. The van der Waals surface area contributed by atoms with Crippen LogP contribution in [-0.4, -0.2) is 61.8 Å². The third-order valence-electron chi connectivity index (χ3n) is 6.26. The fourth-order valence-corrected chi connectivity index (χ4v) is 4.43. The van der Waals surface area contributed by atoms with Crippen molar-refractivity contribution in [3.8, 4) is 0 Å². The average molecular weight is 507 g/mol. The second kappa shape index (κ2) is 14.0. The van der Waals surface area contributed by atoms with Crippen LogP contribution >= 0.6 is 24.0 Å². The number of rotatable bonds is 9. The first kappa shape index (κ1) is 24.2. The maximum absolute atomic E-state index is 6.09. The van der Waals surface area contributed by atoms with Crippen molar-refractivity contribution in [3.05, 3.63) is 0 Å². The summed E-state index contributed by atoms with van der Waals surface area (Å²) in [7, 11) is 0. The molecule has 28 heavy (non-hydrogen) atoms. The minimum atomic E-state index is 0. The molecule has 1 aliphatic heterocycles. The molecule has 164 valence electrons. The molecular formula is C22H43IN4O. The molecule has 0 amide bonds. The summed E-state index contributed by atoms with van der Waals surface area (Å²) >= 11 is 0. The van der Waals surface area contributed by atoms with E-state index >= 15 is 0 Å². The van der Waals surface area contributed by atoms with E-state index in [1.165, 1.54) is 77.3 Å². The van der Waals surface area contributed by atoms with Crippen LogP contribution in [0, 0.1) is 0 Å². The lowest BCUT2D eigenvalue weighted by atomic mass is 10.1. The van der Waals surface area contributed by atoms with Gasteiger partial charge in [-0.3, -0.25) is 4.99 Å². The minimum absolute atomic E-state index is 0. The van der Waals surface area contributed by atoms with Crippen LogP contribution < -0.4 is 10.6 Å². The molecule has 3 fully saturated rings. The summed E-state index contributed by atoms with van der Waals surface area (Å²) in [6, 6.07) is 1.49. The monoisotopic (exact) mass is 506 g/mol. The molecule has 0 aromatic rings. The fourth-order valence-electron chi connectivity index (χ4n) is 4.43. The van der Waals surface area contributed by atoms with Crippen LogP contribution in [-0.2, 0) is 4.74 Å². The number of ether oxygens (including phenoxy) is 1. The Bertz CT molecular complexity index is 428. The molecule has 2 saturated carbocycles. The van der Waals surface area contributed by atoms with Gasteiger partial charge in [-0.05, 0) is 58.3 Å². The zero-order valence-corrected chi connectivity index (χ0v) is 20.3. The van der Waals surface area contributed by atoms with Crippen molar-refractivity contribution in [3.63, 3.8) is 0 Å². The van der Waals surface area contributed by atoms with Gasteiger partial charge in [0.2, 0.25) is 0 Å². The molecule has 6 heteroatoms. The van der Waals surface area contributed by atoms with Crippen molar-refractivity contribution in [1.29, 1.82) is 0 Å². The summed E-state index contributed by atoms with van der Waals surface area (Å²) < 4.78 is 6.09. The highest BCUT2D eigenvalue weighted by atomic mass is 127. The number of hydrogen-bond donors (Lipinski definition) is 2. The third-order valence-corrected chi connectivity index (χ3v) is 6.26. The van der Waals surface area contributed by atoms with Crippen molar-refractivity contribution in [2.75, 3.05) is 32.8 Å². The van der Waals surface area contributed by atoms with Gasteiger partial charge in [0.1, 0.15) is 0 Å². The van der Waals surface area contributed by atoms with E-state index in [0.717, 1.165) is 44.5 Å². The molecule has 0 bridgehead atoms. The van der Waals surface area contributed by atoms with Gasteiger partial charge in [-0.15, -0.1) is 24.0 Å². The lowest BCUT2D eigenvalue weighted by Crippen LogP contribution is -2.49. The molecule has 0 aromatic heterocycles. The van der Waals surface area contributed by atoms with Gasteiger partial charge in [0.05, 0.1) is 6.10 Å². The number of unbranched alkanes of at least 4 members (excludes halogenated alkanes) is 1. The molecule has 1 saturated heterocycles. The SMILES string of the molecule is CCNC(=NCCCCOC1CCCCCC1)NC1CCN(C2CC2)CC1.I. The molecule has 0 spiro atoms. The Hall–Kier alpha value is -0.0800. The predicted molar refractivity (Wildman–Crippen MR) is 129 cm³/mol. The van der Waals surface area contributed by atoms with E-state index < -0.39 is 0 Å². The van der Waals surface area contributed by atoms with Crippen LogP contribution in [0.1, 0.15) is 84.0 Å². The van der Waals surface area contributed by atoms with Gasteiger partial charge in [0, 0.05) is 44.9 Å². The molecule has 2 aliphatic carbocycles. The quantitative estimate of drug-likeness (QED) is 0.161. The molecule has 0 radical (unpaired) electrons. The zero-order chi connectivity index (χ0) is 18.7. The molecule has 0 unspecified atom stereocenters. The number of hydrogen-bond acceptors (Lipinski definition) is 3. The Kier molecular flexibility index (Phi) is 12.1. The van der Waals surface area contributed by atoms with E-state index in [0.29, 0.717) is 12.1 Å². The van der Waals surface area contributed by atoms with Gasteiger partial charge in [-0.25, -0.2) is 0 Å². The van der Waals surface area contributed by atoms with E-state index in [2.05, 4.69) is 22.5 Å². The number of aliphatic imine (C=N–C) groups is 1. The van der Waals surface area contributed by atoms with Crippen LogP contribution in [0.15, 0.2) is 4.99 Å². The Morgan fingerprint density at radius 2 is 1.68 bits per heavy atom. The van der Waals surface area contributed by atoms with E-state index in [-0.39, 0.29) is 24.0 Å².